The van der Waals surface area contributed by atoms with Gasteiger partial charge in [-0.05, 0) is 178 Å². The van der Waals surface area contributed by atoms with Crippen LogP contribution in [-0.4, -0.2) is 17.1 Å². The first-order chi connectivity index (χ1) is 35.1. The fraction of sp³-hybridized carbons (Fsp3) is 0.188. The van der Waals surface area contributed by atoms with Gasteiger partial charge in [0.1, 0.15) is 0 Å². The Morgan fingerprint density at radius 2 is 1.11 bits per heavy atom. The van der Waals surface area contributed by atoms with Crippen LogP contribution >= 0.6 is 10.0 Å². The third-order valence-electron chi connectivity index (χ3n) is 14.9. The molecule has 3 heteroatoms. The van der Waals surface area contributed by atoms with Crippen molar-refractivity contribution < 1.29 is 0 Å². The number of rotatable bonds is 5. The number of fused-ring (bicyclic) bond motifs is 10. The summed E-state index contributed by atoms with van der Waals surface area (Å²) in [7, 11) is -0.997. The smallest absolute Gasteiger partial charge is 0.0547 e. The second-order valence-corrected chi connectivity index (χ2v) is 23.4. The van der Waals surface area contributed by atoms with Gasteiger partial charge in [0.2, 0.25) is 0 Å². The molecule has 72 heavy (non-hydrogen) atoms. The molecule has 13 rings (SSSR count). The van der Waals surface area contributed by atoms with Crippen LogP contribution in [-0.2, 0) is 5.41 Å². The van der Waals surface area contributed by atoms with E-state index in [0.717, 1.165) is 5.69 Å². The van der Waals surface area contributed by atoms with Crippen LogP contribution in [0, 0.1) is 13.8 Å². The largest absolute Gasteiger partial charge is 0.310 e. The number of aromatic nitrogens is 1. The zero-order valence-electron chi connectivity index (χ0n) is 43.8. The van der Waals surface area contributed by atoms with Gasteiger partial charge >= 0.3 is 0 Å². The molecule has 0 unspecified atom stereocenters. The van der Waals surface area contributed by atoms with Gasteiger partial charge in [0.25, 0.3) is 0 Å². The number of anilines is 3. The first-order valence-corrected chi connectivity index (χ1v) is 28.5. The maximum Gasteiger partial charge on any atom is 0.0547 e. The topological polar surface area (TPSA) is 8.17 Å². The van der Waals surface area contributed by atoms with Crippen LogP contribution in [0.1, 0.15) is 82.2 Å². The SMILES string of the molecule is CC.CC.Cc1ccc2c(c1)c1cc3ccc4c(c3cc1n2-c1ccccc1)S(C)(C)C1=C4C=CCC1.Cc1cccc(N(c2cccc(-c3ccccc3)c2)c2ccc3c(c2)C(C)(C)c2ccccc2-3)c1. The summed E-state index contributed by atoms with van der Waals surface area (Å²) in [6.07, 6.45) is 12.1. The average Bonchev–Trinajstić information content (AvgIpc) is 3.95. The number of nitrogens with zero attached hydrogens (tertiary/aromatic N) is 2. The second-order valence-electron chi connectivity index (χ2n) is 19.8. The van der Waals surface area contributed by atoms with E-state index in [2.05, 4.69) is 256 Å². The highest BCUT2D eigenvalue weighted by atomic mass is 32.3. The van der Waals surface area contributed by atoms with Gasteiger partial charge < -0.3 is 9.47 Å². The van der Waals surface area contributed by atoms with E-state index in [0.29, 0.717) is 0 Å². The van der Waals surface area contributed by atoms with Crippen molar-refractivity contribution in [1.82, 2.24) is 4.57 Å². The number of hydrogen-bond acceptors (Lipinski definition) is 1. The standard InChI is InChI=1S/C34H29N.C31H27NS.2C2H6/c1-24-11-9-15-27(21-24)35(28-16-10-14-26(22-28)25-12-5-4-6-13-25)29-19-20-31-30-17-7-8-18-32(30)34(2,3)33(31)23-29;1-20-13-16-28-26(17-20)27-18-21-14-15-24-23-11-7-8-12-30(23)33(2,3)31(24)25(21)19-29(27)32(28)22-9-5-4-6-10-22;2*1-2/h4-23H,1-3H3;4-7,9-11,13-19H,8,12H2,1-3H3;2*1-2H3. The summed E-state index contributed by atoms with van der Waals surface area (Å²) in [5.74, 6) is 0. The van der Waals surface area contributed by atoms with Gasteiger partial charge in [-0.15, -0.1) is 0 Å². The van der Waals surface area contributed by atoms with Gasteiger partial charge in [-0.2, -0.15) is 10.0 Å². The van der Waals surface area contributed by atoms with Crippen LogP contribution in [0.15, 0.2) is 216 Å². The second kappa shape index (κ2) is 19.7. The molecular formula is C69H68N2S. The van der Waals surface area contributed by atoms with E-state index in [1.165, 1.54) is 118 Å². The number of para-hydroxylation sites is 1. The number of aryl methyl sites for hydroxylation is 2. The minimum atomic E-state index is -0.997. The molecule has 0 spiro atoms. The summed E-state index contributed by atoms with van der Waals surface area (Å²) in [5, 5.41) is 5.47. The van der Waals surface area contributed by atoms with E-state index in [9.17, 15) is 0 Å². The van der Waals surface area contributed by atoms with E-state index in [1.807, 2.05) is 27.7 Å². The predicted molar refractivity (Wildman–Crippen MR) is 318 cm³/mol. The molecule has 0 fully saturated rings. The van der Waals surface area contributed by atoms with Gasteiger partial charge in [0.15, 0.2) is 0 Å². The number of allylic oxidation sites excluding steroid dienone is 4. The molecular weight excluding hydrogens is 889 g/mol. The van der Waals surface area contributed by atoms with Gasteiger partial charge in [-0.25, -0.2) is 0 Å². The van der Waals surface area contributed by atoms with Crippen molar-refractivity contribution in [3.8, 4) is 27.9 Å². The van der Waals surface area contributed by atoms with Crippen LogP contribution in [0.25, 0.3) is 66.1 Å². The molecule has 2 heterocycles. The van der Waals surface area contributed by atoms with Gasteiger partial charge in [0, 0.05) is 43.8 Å². The minimum absolute atomic E-state index is 0.0356. The Bertz CT molecular complexity index is 3700. The molecule has 1 aromatic heterocycles. The van der Waals surface area contributed by atoms with Crippen LogP contribution in [0.5, 0.6) is 0 Å². The highest BCUT2D eigenvalue weighted by molar-refractivity contribution is 8.36. The van der Waals surface area contributed by atoms with Gasteiger partial charge in [-0.1, -0.05) is 181 Å². The van der Waals surface area contributed by atoms with E-state index < -0.39 is 10.0 Å². The molecule has 0 N–H and O–H groups in total. The minimum Gasteiger partial charge on any atom is -0.310 e. The summed E-state index contributed by atoms with van der Waals surface area (Å²) < 4.78 is 2.45. The lowest BCUT2D eigenvalue weighted by molar-refractivity contribution is 0.660. The van der Waals surface area contributed by atoms with Crippen molar-refractivity contribution >= 4 is 65.2 Å². The van der Waals surface area contributed by atoms with Crippen LogP contribution < -0.4 is 4.90 Å². The van der Waals surface area contributed by atoms with Crippen molar-refractivity contribution in [1.29, 1.82) is 0 Å². The van der Waals surface area contributed by atoms with Crippen molar-refractivity contribution in [2.45, 2.75) is 78.5 Å². The van der Waals surface area contributed by atoms with Crippen molar-refractivity contribution in [2.24, 2.45) is 0 Å². The Morgan fingerprint density at radius 1 is 0.486 bits per heavy atom. The van der Waals surface area contributed by atoms with Crippen LogP contribution in [0.3, 0.4) is 0 Å². The Labute approximate surface area is 430 Å². The summed E-state index contributed by atoms with van der Waals surface area (Å²) in [6.45, 7) is 17.0. The van der Waals surface area contributed by atoms with Crippen LogP contribution in [0.4, 0.5) is 17.1 Å². The monoisotopic (exact) mass is 957 g/mol. The molecule has 2 aliphatic carbocycles. The third-order valence-corrected chi connectivity index (χ3v) is 18.0. The fourth-order valence-electron chi connectivity index (χ4n) is 11.6. The molecule has 9 aromatic carbocycles. The van der Waals surface area contributed by atoms with Crippen molar-refractivity contribution in [3.05, 3.63) is 239 Å². The highest BCUT2D eigenvalue weighted by Crippen LogP contribution is 2.69. The average molecular weight is 957 g/mol. The maximum atomic E-state index is 2.51. The molecule has 1 aliphatic heterocycles. The first kappa shape index (κ1) is 48.3. The zero-order chi connectivity index (χ0) is 50.3. The normalized spacial score (nSPS) is 14.7. The molecule has 0 saturated carbocycles. The molecule has 0 radical (unpaired) electrons. The summed E-state index contributed by atoms with van der Waals surface area (Å²) >= 11 is 0. The van der Waals surface area contributed by atoms with Crippen molar-refractivity contribution in [2.75, 3.05) is 17.4 Å². The molecule has 360 valence electrons. The first-order valence-electron chi connectivity index (χ1n) is 26.0. The molecule has 10 aromatic rings. The Balaban J connectivity index is 0.000000155. The summed E-state index contributed by atoms with van der Waals surface area (Å²) in [4.78, 5) is 5.66. The summed E-state index contributed by atoms with van der Waals surface area (Å²) in [5.41, 5.74) is 20.7. The predicted octanol–water partition coefficient (Wildman–Crippen LogP) is 20.2. The molecule has 3 aliphatic rings. The van der Waals surface area contributed by atoms with E-state index in [4.69, 9.17) is 0 Å². The Kier molecular flexibility index (Phi) is 13.2. The number of benzene rings is 9. The van der Waals surface area contributed by atoms with E-state index in [-0.39, 0.29) is 5.41 Å². The zero-order valence-corrected chi connectivity index (χ0v) is 44.7. The lowest BCUT2D eigenvalue weighted by atomic mass is 9.82. The maximum absolute atomic E-state index is 2.51. The number of hydrogen-bond donors (Lipinski definition) is 0. The summed E-state index contributed by atoms with van der Waals surface area (Å²) in [6, 6.07) is 71.4. The highest BCUT2D eigenvalue weighted by Gasteiger charge is 2.37. The molecule has 0 amide bonds. The molecule has 2 nitrogen and oxygen atoms in total. The van der Waals surface area contributed by atoms with E-state index in [1.54, 1.807) is 9.80 Å². The molecule has 0 bridgehead atoms. The van der Waals surface area contributed by atoms with Gasteiger partial charge in [0.05, 0.1) is 11.0 Å². The van der Waals surface area contributed by atoms with E-state index >= 15 is 0 Å². The lowest BCUT2D eigenvalue weighted by Crippen LogP contribution is -2.16. The molecule has 0 atom stereocenters. The Morgan fingerprint density at radius 3 is 1.88 bits per heavy atom. The fourth-order valence-corrected chi connectivity index (χ4v) is 14.6. The van der Waals surface area contributed by atoms with Crippen LogP contribution in [0.2, 0.25) is 0 Å². The Hall–Kier alpha value is -7.33. The van der Waals surface area contributed by atoms with Crippen molar-refractivity contribution in [3.63, 3.8) is 0 Å². The third kappa shape index (κ3) is 8.28. The van der Waals surface area contributed by atoms with Gasteiger partial charge in [-0.3, -0.25) is 0 Å². The lowest BCUT2D eigenvalue weighted by Gasteiger charge is -2.32. The quantitative estimate of drug-likeness (QED) is 0.167. The molecule has 0 saturated heterocycles.